The van der Waals surface area contributed by atoms with Crippen molar-refractivity contribution in [3.8, 4) is 23.0 Å². The molecule has 3 aromatic carbocycles. The predicted molar refractivity (Wildman–Crippen MR) is 123 cm³/mol. The SMILES string of the molecule is COc1cccc(C2=NN3[C@@H](c4ccc(OC)c(OC)c4)Oc4ccc(Cl)cc4[C@@H]3C2)c1. The molecule has 32 heavy (non-hydrogen) atoms. The van der Waals surface area contributed by atoms with Crippen molar-refractivity contribution in [1.82, 2.24) is 5.01 Å². The molecule has 0 bridgehead atoms. The van der Waals surface area contributed by atoms with E-state index < -0.39 is 6.23 Å². The molecule has 2 atom stereocenters. The van der Waals surface area contributed by atoms with E-state index in [4.69, 9.17) is 35.6 Å². The van der Waals surface area contributed by atoms with Crippen molar-refractivity contribution in [2.75, 3.05) is 21.3 Å². The topological polar surface area (TPSA) is 52.5 Å². The van der Waals surface area contributed by atoms with Gasteiger partial charge in [-0.1, -0.05) is 23.7 Å². The highest BCUT2D eigenvalue weighted by molar-refractivity contribution is 6.30. The Morgan fingerprint density at radius 2 is 1.78 bits per heavy atom. The van der Waals surface area contributed by atoms with Gasteiger partial charge in [-0.2, -0.15) is 5.10 Å². The normalized spacial score (nSPS) is 18.9. The second kappa shape index (κ2) is 8.28. The predicted octanol–water partition coefficient (Wildman–Crippen LogP) is 5.61. The third kappa shape index (κ3) is 3.50. The molecule has 0 amide bonds. The molecule has 0 saturated heterocycles. The number of hydrazone groups is 1. The van der Waals surface area contributed by atoms with Gasteiger partial charge in [-0.3, -0.25) is 0 Å². The van der Waals surface area contributed by atoms with Crippen molar-refractivity contribution < 1.29 is 18.9 Å². The first-order chi connectivity index (χ1) is 15.6. The van der Waals surface area contributed by atoms with Gasteiger partial charge in [0.05, 0.1) is 33.1 Å². The number of halogens is 1. The molecule has 2 aliphatic rings. The summed E-state index contributed by atoms with van der Waals surface area (Å²) >= 11 is 6.33. The van der Waals surface area contributed by atoms with E-state index in [2.05, 4.69) is 0 Å². The molecule has 7 heteroatoms. The number of nitrogens with zero attached hydrogens (tertiary/aromatic N) is 2. The summed E-state index contributed by atoms with van der Waals surface area (Å²) in [7, 11) is 4.91. The van der Waals surface area contributed by atoms with Gasteiger partial charge in [-0.15, -0.1) is 0 Å². The van der Waals surface area contributed by atoms with Crippen molar-refractivity contribution in [3.63, 3.8) is 0 Å². The molecule has 3 aromatic rings. The third-order valence-corrected chi connectivity index (χ3v) is 6.08. The molecule has 0 fully saturated rings. The molecular weight excluding hydrogens is 428 g/mol. The van der Waals surface area contributed by atoms with Gasteiger partial charge in [-0.05, 0) is 48.5 Å². The molecule has 0 aromatic heterocycles. The lowest BCUT2D eigenvalue weighted by molar-refractivity contribution is -0.0191. The minimum atomic E-state index is -0.420. The Balaban J connectivity index is 1.60. The third-order valence-electron chi connectivity index (χ3n) is 5.85. The number of ether oxygens (including phenoxy) is 4. The Hall–Kier alpha value is -3.38. The molecule has 0 aliphatic carbocycles. The van der Waals surface area contributed by atoms with Crippen LogP contribution in [0.3, 0.4) is 0 Å². The molecule has 0 saturated carbocycles. The van der Waals surface area contributed by atoms with E-state index in [0.29, 0.717) is 16.5 Å². The fourth-order valence-corrected chi connectivity index (χ4v) is 4.44. The van der Waals surface area contributed by atoms with E-state index in [1.807, 2.05) is 65.7 Å². The molecule has 2 heterocycles. The van der Waals surface area contributed by atoms with Crippen LogP contribution in [0.2, 0.25) is 5.02 Å². The summed E-state index contributed by atoms with van der Waals surface area (Å²) < 4.78 is 22.7. The molecule has 164 valence electrons. The van der Waals surface area contributed by atoms with Crippen LogP contribution in [0.15, 0.2) is 65.8 Å². The molecule has 0 spiro atoms. The van der Waals surface area contributed by atoms with Gasteiger partial charge in [0.15, 0.2) is 11.5 Å². The average molecular weight is 451 g/mol. The largest absolute Gasteiger partial charge is 0.497 e. The van der Waals surface area contributed by atoms with E-state index in [1.54, 1.807) is 21.3 Å². The maximum atomic E-state index is 6.43. The van der Waals surface area contributed by atoms with Crippen LogP contribution >= 0.6 is 11.6 Å². The number of fused-ring (bicyclic) bond motifs is 3. The molecular formula is C25H23ClN2O4. The number of rotatable bonds is 5. The maximum absolute atomic E-state index is 6.43. The summed E-state index contributed by atoms with van der Waals surface area (Å²) in [4.78, 5) is 0. The standard InChI is InChI=1S/C25H23ClN2O4/c1-29-18-6-4-5-15(11-18)20-14-21-19-13-17(26)8-10-22(19)32-25(28(21)27-20)16-7-9-23(30-2)24(12-16)31-3/h4-13,21,25H,14H2,1-3H3/t21-,25+/m0/s1. The summed E-state index contributed by atoms with van der Waals surface area (Å²) in [5, 5.41) is 7.68. The van der Waals surface area contributed by atoms with Crippen molar-refractivity contribution in [2.24, 2.45) is 5.10 Å². The van der Waals surface area contributed by atoms with Gasteiger partial charge in [0, 0.05) is 28.1 Å². The Bertz CT molecular complexity index is 1200. The van der Waals surface area contributed by atoms with Crippen molar-refractivity contribution in [2.45, 2.75) is 18.7 Å². The highest BCUT2D eigenvalue weighted by Crippen LogP contribution is 2.49. The van der Waals surface area contributed by atoms with Crippen LogP contribution in [0.25, 0.3) is 0 Å². The lowest BCUT2D eigenvalue weighted by Crippen LogP contribution is -2.33. The van der Waals surface area contributed by atoms with Gasteiger partial charge in [0.1, 0.15) is 11.5 Å². The number of hydrogen-bond acceptors (Lipinski definition) is 6. The summed E-state index contributed by atoms with van der Waals surface area (Å²) in [6.45, 7) is 0. The number of hydrogen-bond donors (Lipinski definition) is 0. The number of methoxy groups -OCH3 is 3. The summed E-state index contributed by atoms with van der Waals surface area (Å²) in [6.07, 6.45) is 0.310. The highest BCUT2D eigenvalue weighted by atomic mass is 35.5. The molecule has 6 nitrogen and oxygen atoms in total. The second-order valence-corrected chi connectivity index (χ2v) is 8.08. The molecule has 2 aliphatic heterocycles. The first-order valence-electron chi connectivity index (χ1n) is 10.3. The molecule has 0 N–H and O–H groups in total. The van der Waals surface area contributed by atoms with E-state index >= 15 is 0 Å². The van der Waals surface area contributed by atoms with Crippen LogP contribution in [0.1, 0.15) is 35.4 Å². The summed E-state index contributed by atoms with van der Waals surface area (Å²) in [5.74, 6) is 2.91. The summed E-state index contributed by atoms with van der Waals surface area (Å²) in [6, 6.07) is 19.5. The Labute approximate surface area is 191 Å². The Kier molecular flexibility index (Phi) is 5.31. The van der Waals surface area contributed by atoms with E-state index in [0.717, 1.165) is 40.3 Å². The van der Waals surface area contributed by atoms with Crippen molar-refractivity contribution in [3.05, 3.63) is 82.4 Å². The van der Waals surface area contributed by atoms with Crippen molar-refractivity contribution in [1.29, 1.82) is 0 Å². The zero-order valence-corrected chi connectivity index (χ0v) is 18.8. The minimum absolute atomic E-state index is 0.00301. The van der Waals surface area contributed by atoms with E-state index in [-0.39, 0.29) is 6.04 Å². The van der Waals surface area contributed by atoms with Gasteiger partial charge in [-0.25, -0.2) is 5.01 Å². The lowest BCUT2D eigenvalue weighted by atomic mass is 9.95. The van der Waals surface area contributed by atoms with E-state index in [9.17, 15) is 0 Å². The molecule has 0 unspecified atom stereocenters. The smallest absolute Gasteiger partial charge is 0.214 e. The lowest BCUT2D eigenvalue weighted by Gasteiger charge is -2.38. The van der Waals surface area contributed by atoms with E-state index in [1.165, 1.54) is 0 Å². The first kappa shape index (κ1) is 20.5. The molecule has 0 radical (unpaired) electrons. The Morgan fingerprint density at radius 1 is 0.938 bits per heavy atom. The van der Waals surface area contributed by atoms with Crippen molar-refractivity contribution >= 4 is 17.3 Å². The fraction of sp³-hybridized carbons (Fsp3) is 0.240. The molecule has 5 rings (SSSR count). The number of benzene rings is 3. The van der Waals surface area contributed by atoms with Crippen LogP contribution in [0.4, 0.5) is 0 Å². The fourth-order valence-electron chi connectivity index (χ4n) is 4.26. The van der Waals surface area contributed by atoms with Crippen LogP contribution < -0.4 is 18.9 Å². The Morgan fingerprint density at radius 3 is 2.56 bits per heavy atom. The second-order valence-electron chi connectivity index (χ2n) is 7.65. The van der Waals surface area contributed by atoms with Gasteiger partial charge < -0.3 is 18.9 Å². The van der Waals surface area contributed by atoms with Gasteiger partial charge >= 0.3 is 0 Å². The first-order valence-corrected chi connectivity index (χ1v) is 10.7. The average Bonchev–Trinajstić information content (AvgIpc) is 3.29. The maximum Gasteiger partial charge on any atom is 0.214 e. The van der Waals surface area contributed by atoms with Crippen LogP contribution in [0.5, 0.6) is 23.0 Å². The van der Waals surface area contributed by atoms with Gasteiger partial charge in [0.25, 0.3) is 0 Å². The zero-order chi connectivity index (χ0) is 22.2. The zero-order valence-electron chi connectivity index (χ0n) is 18.0. The van der Waals surface area contributed by atoms with Crippen LogP contribution in [0, 0.1) is 0 Å². The minimum Gasteiger partial charge on any atom is -0.497 e. The quantitative estimate of drug-likeness (QED) is 0.505. The summed E-state index contributed by atoms with van der Waals surface area (Å²) in [5.41, 5.74) is 3.93. The van der Waals surface area contributed by atoms with Crippen LogP contribution in [-0.4, -0.2) is 32.0 Å². The monoisotopic (exact) mass is 450 g/mol. The van der Waals surface area contributed by atoms with Gasteiger partial charge in [0.2, 0.25) is 6.23 Å². The highest BCUT2D eigenvalue weighted by Gasteiger charge is 2.41. The van der Waals surface area contributed by atoms with Crippen LogP contribution in [-0.2, 0) is 0 Å².